The van der Waals surface area contributed by atoms with Crippen LogP contribution in [0.1, 0.15) is 29.0 Å². The molecule has 4 rings (SSSR count). The minimum atomic E-state index is 0.466. The average Bonchev–Trinajstić information content (AvgIpc) is 3.11. The van der Waals surface area contributed by atoms with Crippen LogP contribution in [0.4, 0.5) is 0 Å². The van der Waals surface area contributed by atoms with Crippen molar-refractivity contribution in [3.05, 3.63) is 58.0 Å². The molecule has 110 valence electrons. The van der Waals surface area contributed by atoms with Gasteiger partial charge in [-0.3, -0.25) is 0 Å². The maximum atomic E-state index is 4.78. The van der Waals surface area contributed by atoms with E-state index in [4.69, 9.17) is 4.98 Å². The van der Waals surface area contributed by atoms with Crippen molar-refractivity contribution in [2.75, 3.05) is 0 Å². The average molecular weight is 324 g/mol. The van der Waals surface area contributed by atoms with Gasteiger partial charge in [0.2, 0.25) is 0 Å². The minimum Gasteiger partial charge on any atom is -0.245 e. The number of fused-ring (bicyclic) bond motifs is 2. The van der Waals surface area contributed by atoms with Gasteiger partial charge in [0, 0.05) is 6.42 Å². The zero-order valence-electron chi connectivity index (χ0n) is 12.5. The van der Waals surface area contributed by atoms with E-state index in [-0.39, 0.29) is 0 Å². The first-order valence-corrected chi connectivity index (χ1v) is 9.08. The van der Waals surface area contributed by atoms with E-state index in [0.29, 0.717) is 5.92 Å². The monoisotopic (exact) mass is 324 g/mol. The third kappa shape index (κ3) is 2.53. The predicted octanol–water partition coefficient (Wildman–Crippen LogP) is 5.56. The van der Waals surface area contributed by atoms with Crippen molar-refractivity contribution in [3.8, 4) is 0 Å². The van der Waals surface area contributed by atoms with Gasteiger partial charge < -0.3 is 0 Å². The lowest BCUT2D eigenvalue weighted by Gasteiger charge is -2.09. The summed E-state index contributed by atoms with van der Waals surface area (Å²) in [7, 11) is 0. The number of aromatic nitrogens is 2. The molecular weight excluding hydrogens is 308 g/mol. The molecule has 0 amide bonds. The second kappa shape index (κ2) is 5.45. The van der Waals surface area contributed by atoms with Gasteiger partial charge in [-0.15, -0.1) is 22.7 Å². The van der Waals surface area contributed by atoms with E-state index in [9.17, 15) is 0 Å². The zero-order chi connectivity index (χ0) is 15.1. The van der Waals surface area contributed by atoms with Crippen LogP contribution in [-0.2, 0) is 6.42 Å². The molecule has 0 bridgehead atoms. The molecule has 22 heavy (non-hydrogen) atoms. The van der Waals surface area contributed by atoms with E-state index in [1.165, 1.54) is 25.5 Å². The summed E-state index contributed by atoms with van der Waals surface area (Å²) in [6.07, 6.45) is 0.989. The Bertz CT molecular complexity index is 952. The molecule has 2 nitrogen and oxygen atoms in total. The molecule has 2 aromatic carbocycles. The molecule has 0 saturated carbocycles. The van der Waals surface area contributed by atoms with Gasteiger partial charge in [0.1, 0.15) is 0 Å². The highest BCUT2D eigenvalue weighted by atomic mass is 32.1. The second-order valence-corrected chi connectivity index (χ2v) is 7.77. The molecule has 0 aliphatic heterocycles. The molecule has 0 radical (unpaired) electrons. The van der Waals surface area contributed by atoms with Crippen molar-refractivity contribution in [3.63, 3.8) is 0 Å². The van der Waals surface area contributed by atoms with Gasteiger partial charge in [0.25, 0.3) is 0 Å². The molecule has 1 unspecified atom stereocenters. The summed E-state index contributed by atoms with van der Waals surface area (Å²) in [6, 6.07) is 13.1. The van der Waals surface area contributed by atoms with Gasteiger partial charge in [0.15, 0.2) is 0 Å². The number of thiazole rings is 2. The molecule has 2 aromatic heterocycles. The van der Waals surface area contributed by atoms with Crippen molar-refractivity contribution < 1.29 is 0 Å². The maximum Gasteiger partial charge on any atom is 0.0944 e. The van der Waals surface area contributed by atoms with Crippen LogP contribution in [0.2, 0.25) is 0 Å². The Balaban J connectivity index is 1.62. The molecule has 2 heterocycles. The molecule has 1 atom stereocenters. The lowest BCUT2D eigenvalue weighted by molar-refractivity contribution is 0.757. The van der Waals surface area contributed by atoms with Crippen molar-refractivity contribution in [2.45, 2.75) is 26.2 Å². The summed E-state index contributed by atoms with van der Waals surface area (Å²) in [6.45, 7) is 4.41. The normalized spacial score (nSPS) is 13.0. The predicted molar refractivity (Wildman–Crippen MR) is 96.1 cm³/mol. The topological polar surface area (TPSA) is 25.8 Å². The Hall–Kier alpha value is -1.78. The third-order valence-electron chi connectivity index (χ3n) is 3.99. The molecule has 4 heteroatoms. The fourth-order valence-electron chi connectivity index (χ4n) is 2.72. The lowest BCUT2D eigenvalue weighted by Crippen LogP contribution is -1.97. The molecule has 0 N–H and O–H groups in total. The number of aryl methyl sites for hydroxylation is 1. The number of benzene rings is 2. The van der Waals surface area contributed by atoms with Gasteiger partial charge in [0.05, 0.1) is 31.0 Å². The van der Waals surface area contributed by atoms with Crippen molar-refractivity contribution in [1.82, 2.24) is 9.97 Å². The van der Waals surface area contributed by atoms with E-state index in [1.807, 2.05) is 16.8 Å². The Labute approximate surface area is 137 Å². The van der Waals surface area contributed by atoms with Gasteiger partial charge in [-0.05, 0) is 48.2 Å². The molecule has 0 spiro atoms. The quantitative estimate of drug-likeness (QED) is 0.493. The zero-order valence-corrected chi connectivity index (χ0v) is 14.2. The van der Waals surface area contributed by atoms with Crippen LogP contribution in [-0.4, -0.2) is 9.97 Å². The van der Waals surface area contributed by atoms with Crippen LogP contribution >= 0.6 is 22.7 Å². The first-order valence-electron chi connectivity index (χ1n) is 7.38. The molecule has 0 aliphatic carbocycles. The fraction of sp³-hybridized carbons (Fsp3) is 0.222. The fourth-order valence-corrected chi connectivity index (χ4v) is 4.64. The summed E-state index contributed by atoms with van der Waals surface area (Å²) < 4.78 is 2.56. The van der Waals surface area contributed by atoms with Gasteiger partial charge >= 0.3 is 0 Å². The summed E-state index contributed by atoms with van der Waals surface area (Å²) in [4.78, 5) is 9.13. The van der Waals surface area contributed by atoms with E-state index < -0.39 is 0 Å². The van der Waals surface area contributed by atoms with Gasteiger partial charge in [-0.25, -0.2) is 9.97 Å². The van der Waals surface area contributed by atoms with E-state index in [0.717, 1.165) is 17.5 Å². The van der Waals surface area contributed by atoms with Crippen LogP contribution in [0, 0.1) is 6.92 Å². The summed E-state index contributed by atoms with van der Waals surface area (Å²) in [5.74, 6) is 0.466. The lowest BCUT2D eigenvalue weighted by atomic mass is 9.98. The number of rotatable bonds is 3. The largest absolute Gasteiger partial charge is 0.245 e. The smallest absolute Gasteiger partial charge is 0.0944 e. The highest BCUT2D eigenvalue weighted by Gasteiger charge is 2.12. The highest BCUT2D eigenvalue weighted by Crippen LogP contribution is 2.29. The summed E-state index contributed by atoms with van der Waals surface area (Å²) >= 11 is 3.53. The van der Waals surface area contributed by atoms with E-state index >= 15 is 0 Å². The van der Waals surface area contributed by atoms with Gasteiger partial charge in [-0.1, -0.05) is 19.1 Å². The number of hydrogen-bond acceptors (Lipinski definition) is 4. The molecular formula is C18H16N2S2. The second-order valence-electron chi connectivity index (χ2n) is 5.76. The van der Waals surface area contributed by atoms with E-state index in [2.05, 4.69) is 55.2 Å². The summed E-state index contributed by atoms with van der Waals surface area (Å²) in [5, 5.41) is 1.22. The third-order valence-corrected chi connectivity index (χ3v) is 5.83. The Kier molecular flexibility index (Phi) is 3.43. The van der Waals surface area contributed by atoms with Crippen molar-refractivity contribution in [1.29, 1.82) is 0 Å². The number of nitrogens with zero attached hydrogens (tertiary/aromatic N) is 2. The molecule has 0 fully saturated rings. The SMILES string of the molecule is Cc1ccc2nc(CC(C)c3ccc4ncsc4c3)sc2c1. The van der Waals surface area contributed by atoms with Crippen LogP contribution < -0.4 is 0 Å². The van der Waals surface area contributed by atoms with Crippen molar-refractivity contribution in [2.24, 2.45) is 0 Å². The first kappa shape index (κ1) is 13.9. The first-order chi connectivity index (χ1) is 10.7. The van der Waals surface area contributed by atoms with Crippen LogP contribution in [0.5, 0.6) is 0 Å². The Morgan fingerprint density at radius 2 is 1.91 bits per heavy atom. The van der Waals surface area contributed by atoms with Crippen LogP contribution in [0.25, 0.3) is 20.4 Å². The Morgan fingerprint density at radius 1 is 1.05 bits per heavy atom. The molecule has 0 saturated heterocycles. The molecule has 0 aliphatic rings. The minimum absolute atomic E-state index is 0.466. The van der Waals surface area contributed by atoms with E-state index in [1.54, 1.807) is 11.3 Å². The van der Waals surface area contributed by atoms with Crippen molar-refractivity contribution >= 4 is 43.1 Å². The standard InChI is InChI=1S/C18H16N2S2/c1-11-3-5-15-17(7-11)22-18(20-15)8-12(2)13-4-6-14-16(9-13)21-10-19-14/h3-7,9-10,12H,8H2,1-2H3. The maximum absolute atomic E-state index is 4.78. The van der Waals surface area contributed by atoms with Crippen LogP contribution in [0.3, 0.4) is 0 Å². The Morgan fingerprint density at radius 3 is 2.82 bits per heavy atom. The summed E-state index contributed by atoms with van der Waals surface area (Å²) in [5.41, 5.74) is 6.79. The number of hydrogen-bond donors (Lipinski definition) is 0. The highest BCUT2D eigenvalue weighted by molar-refractivity contribution is 7.18. The molecule has 4 aromatic rings. The van der Waals surface area contributed by atoms with Crippen LogP contribution in [0.15, 0.2) is 41.9 Å². The van der Waals surface area contributed by atoms with Gasteiger partial charge in [-0.2, -0.15) is 0 Å².